The zero-order chi connectivity index (χ0) is 11.6. The van der Waals surface area contributed by atoms with Gasteiger partial charge in [0.15, 0.2) is 0 Å². The Balaban J connectivity index is 1.92. The van der Waals surface area contributed by atoms with Gasteiger partial charge in [0.25, 0.3) is 5.91 Å². The van der Waals surface area contributed by atoms with Crippen LogP contribution >= 0.6 is 0 Å². The summed E-state index contributed by atoms with van der Waals surface area (Å²) in [6.45, 7) is 2.95. The lowest BCUT2D eigenvalue weighted by molar-refractivity contribution is 0.0946. The molecule has 0 unspecified atom stereocenters. The van der Waals surface area contributed by atoms with Crippen LogP contribution in [0.2, 0.25) is 0 Å². The molecular weight excluding hydrogens is 202 g/mol. The quantitative estimate of drug-likeness (QED) is 0.809. The number of hydrogen-bond donors (Lipinski definition) is 2. The summed E-state index contributed by atoms with van der Waals surface area (Å²) in [5, 5.41) is 5.86. The van der Waals surface area contributed by atoms with Crippen LogP contribution in [-0.2, 0) is 0 Å². The number of nitrogens with one attached hydrogen (secondary N) is 2. The Morgan fingerprint density at radius 1 is 1.50 bits per heavy atom. The first-order chi connectivity index (χ1) is 7.63. The number of amides is 1. The molecule has 0 radical (unpaired) electrons. The summed E-state index contributed by atoms with van der Waals surface area (Å²) in [6, 6.07) is 3.58. The van der Waals surface area contributed by atoms with E-state index in [-0.39, 0.29) is 5.91 Å². The second kappa shape index (κ2) is 4.12. The summed E-state index contributed by atoms with van der Waals surface area (Å²) in [4.78, 5) is 15.9. The normalized spacial score (nSPS) is 16.6. The van der Waals surface area contributed by atoms with Gasteiger partial charge in [-0.2, -0.15) is 0 Å². The maximum absolute atomic E-state index is 11.7. The van der Waals surface area contributed by atoms with Gasteiger partial charge in [0.05, 0.1) is 5.56 Å². The van der Waals surface area contributed by atoms with Gasteiger partial charge in [0, 0.05) is 19.8 Å². The third-order valence-electron chi connectivity index (χ3n) is 3.06. The number of rotatable bonds is 4. The molecule has 1 aromatic rings. The highest BCUT2D eigenvalue weighted by molar-refractivity contribution is 5.94. The van der Waals surface area contributed by atoms with E-state index in [0.717, 1.165) is 12.4 Å². The molecule has 0 spiro atoms. The van der Waals surface area contributed by atoms with E-state index in [4.69, 9.17) is 0 Å². The van der Waals surface area contributed by atoms with Crippen molar-refractivity contribution in [3.05, 3.63) is 23.9 Å². The Labute approximate surface area is 95.5 Å². The number of anilines is 1. The molecule has 1 heterocycles. The molecule has 0 bridgehead atoms. The molecule has 0 saturated heterocycles. The van der Waals surface area contributed by atoms with Crippen LogP contribution in [-0.4, -0.2) is 24.5 Å². The summed E-state index contributed by atoms with van der Waals surface area (Å²) >= 11 is 0. The molecule has 0 aliphatic heterocycles. The van der Waals surface area contributed by atoms with E-state index >= 15 is 0 Å². The Morgan fingerprint density at radius 2 is 2.25 bits per heavy atom. The molecule has 1 amide bonds. The van der Waals surface area contributed by atoms with Crippen molar-refractivity contribution in [2.24, 2.45) is 5.41 Å². The number of carbonyl (C=O) groups excluding carboxylic acids is 1. The number of pyridine rings is 1. The summed E-state index contributed by atoms with van der Waals surface area (Å²) in [7, 11) is 1.80. The average molecular weight is 219 g/mol. The van der Waals surface area contributed by atoms with Gasteiger partial charge in [0.2, 0.25) is 0 Å². The molecule has 1 saturated carbocycles. The lowest BCUT2D eigenvalue weighted by Crippen LogP contribution is -2.29. The highest BCUT2D eigenvalue weighted by Gasteiger charge is 2.37. The van der Waals surface area contributed by atoms with Gasteiger partial charge in [-0.1, -0.05) is 6.92 Å². The molecule has 4 heteroatoms. The topological polar surface area (TPSA) is 54.0 Å². The van der Waals surface area contributed by atoms with E-state index in [0.29, 0.717) is 11.0 Å². The molecule has 1 aliphatic carbocycles. The third-order valence-corrected chi connectivity index (χ3v) is 3.06. The number of hydrogen-bond acceptors (Lipinski definition) is 3. The van der Waals surface area contributed by atoms with Crippen LogP contribution in [0, 0.1) is 5.41 Å². The van der Waals surface area contributed by atoms with Gasteiger partial charge in [-0.25, -0.2) is 4.98 Å². The van der Waals surface area contributed by atoms with Gasteiger partial charge in [-0.15, -0.1) is 0 Å². The van der Waals surface area contributed by atoms with E-state index in [1.165, 1.54) is 12.8 Å². The van der Waals surface area contributed by atoms with E-state index in [2.05, 4.69) is 22.5 Å². The Bertz CT molecular complexity index is 382. The first-order valence-corrected chi connectivity index (χ1v) is 5.55. The van der Waals surface area contributed by atoms with Gasteiger partial charge in [0.1, 0.15) is 5.82 Å². The largest absolute Gasteiger partial charge is 0.373 e. The maximum Gasteiger partial charge on any atom is 0.252 e. The molecule has 2 rings (SSSR count). The molecule has 0 aromatic carbocycles. The lowest BCUT2D eigenvalue weighted by atomic mass is 10.1. The minimum Gasteiger partial charge on any atom is -0.373 e. The maximum atomic E-state index is 11.7. The highest BCUT2D eigenvalue weighted by Crippen LogP contribution is 2.44. The third kappa shape index (κ3) is 2.51. The van der Waals surface area contributed by atoms with Gasteiger partial charge in [-0.3, -0.25) is 4.79 Å². The van der Waals surface area contributed by atoms with Crippen molar-refractivity contribution in [3.63, 3.8) is 0 Å². The fourth-order valence-electron chi connectivity index (χ4n) is 1.46. The van der Waals surface area contributed by atoms with Crippen LogP contribution in [0.15, 0.2) is 18.3 Å². The summed E-state index contributed by atoms with van der Waals surface area (Å²) in [5.74, 6) is 0.731. The van der Waals surface area contributed by atoms with E-state index < -0.39 is 0 Å². The van der Waals surface area contributed by atoms with Gasteiger partial charge in [-0.05, 0) is 30.4 Å². The highest BCUT2D eigenvalue weighted by atomic mass is 16.1. The first kappa shape index (κ1) is 10.9. The monoisotopic (exact) mass is 219 g/mol. The van der Waals surface area contributed by atoms with Crippen molar-refractivity contribution in [1.29, 1.82) is 0 Å². The van der Waals surface area contributed by atoms with Crippen molar-refractivity contribution >= 4 is 11.7 Å². The van der Waals surface area contributed by atoms with Crippen molar-refractivity contribution in [2.45, 2.75) is 19.8 Å². The molecule has 86 valence electrons. The summed E-state index contributed by atoms with van der Waals surface area (Å²) in [6.07, 6.45) is 4.02. The van der Waals surface area contributed by atoms with Crippen molar-refractivity contribution < 1.29 is 4.79 Å². The van der Waals surface area contributed by atoms with Crippen LogP contribution in [0.5, 0.6) is 0 Å². The predicted octanol–water partition coefficient (Wildman–Crippen LogP) is 1.65. The molecule has 1 fully saturated rings. The van der Waals surface area contributed by atoms with E-state index in [1.54, 1.807) is 25.4 Å². The average Bonchev–Trinajstić information content (AvgIpc) is 3.05. The molecular formula is C12H17N3O. The fraction of sp³-hybridized carbons (Fsp3) is 0.500. The van der Waals surface area contributed by atoms with Crippen molar-refractivity contribution in [2.75, 3.05) is 18.9 Å². The minimum atomic E-state index is -0.0386. The molecule has 1 aromatic heterocycles. The van der Waals surface area contributed by atoms with Gasteiger partial charge >= 0.3 is 0 Å². The van der Waals surface area contributed by atoms with Crippen molar-refractivity contribution in [1.82, 2.24) is 10.3 Å². The standard InChI is InChI=1S/C12H17N3O/c1-12(5-6-12)8-15-11(16)9-3-4-10(13-2)14-7-9/h3-4,7H,5-6,8H2,1-2H3,(H,13,14)(H,15,16). The lowest BCUT2D eigenvalue weighted by Gasteiger charge is -2.10. The molecule has 4 nitrogen and oxygen atoms in total. The van der Waals surface area contributed by atoms with Crippen LogP contribution in [0.3, 0.4) is 0 Å². The van der Waals surface area contributed by atoms with Gasteiger partial charge < -0.3 is 10.6 Å². The molecule has 16 heavy (non-hydrogen) atoms. The molecule has 1 aliphatic rings. The summed E-state index contributed by atoms with van der Waals surface area (Å²) < 4.78 is 0. The van der Waals surface area contributed by atoms with Crippen molar-refractivity contribution in [3.8, 4) is 0 Å². The molecule has 0 atom stereocenters. The number of carbonyl (C=O) groups is 1. The zero-order valence-corrected chi connectivity index (χ0v) is 9.71. The minimum absolute atomic E-state index is 0.0386. The predicted molar refractivity (Wildman–Crippen MR) is 63.5 cm³/mol. The zero-order valence-electron chi connectivity index (χ0n) is 9.71. The Hall–Kier alpha value is -1.58. The SMILES string of the molecule is CNc1ccc(C(=O)NCC2(C)CC2)cn1. The fourth-order valence-corrected chi connectivity index (χ4v) is 1.46. The Kier molecular flexibility index (Phi) is 2.81. The first-order valence-electron chi connectivity index (χ1n) is 5.55. The van der Waals surface area contributed by atoms with Crippen LogP contribution in [0.25, 0.3) is 0 Å². The second-order valence-electron chi connectivity index (χ2n) is 4.68. The molecule has 2 N–H and O–H groups in total. The van der Waals surface area contributed by atoms with Crippen LogP contribution in [0.1, 0.15) is 30.1 Å². The number of nitrogens with zero attached hydrogens (tertiary/aromatic N) is 1. The smallest absolute Gasteiger partial charge is 0.252 e. The van der Waals surface area contributed by atoms with Crippen LogP contribution in [0.4, 0.5) is 5.82 Å². The van der Waals surface area contributed by atoms with E-state index in [9.17, 15) is 4.79 Å². The number of aromatic nitrogens is 1. The Morgan fingerprint density at radius 3 is 2.75 bits per heavy atom. The van der Waals surface area contributed by atoms with E-state index in [1.807, 2.05) is 0 Å². The second-order valence-corrected chi connectivity index (χ2v) is 4.68. The van der Waals surface area contributed by atoms with Crippen LogP contribution < -0.4 is 10.6 Å². The summed E-state index contributed by atoms with van der Waals surface area (Å²) in [5.41, 5.74) is 0.955.